The van der Waals surface area contributed by atoms with Crippen molar-refractivity contribution < 1.29 is 4.39 Å². The molecule has 2 aromatic carbocycles. The summed E-state index contributed by atoms with van der Waals surface area (Å²) >= 11 is 3.37. The van der Waals surface area contributed by atoms with Crippen molar-refractivity contribution in [1.29, 1.82) is 0 Å². The quantitative estimate of drug-likeness (QED) is 0.769. The van der Waals surface area contributed by atoms with E-state index in [1.165, 1.54) is 17.2 Å². The van der Waals surface area contributed by atoms with Crippen molar-refractivity contribution in [1.82, 2.24) is 5.32 Å². The van der Waals surface area contributed by atoms with Crippen LogP contribution in [-0.4, -0.2) is 6.54 Å². The minimum atomic E-state index is -0.196. The summed E-state index contributed by atoms with van der Waals surface area (Å²) in [7, 11) is 0. The van der Waals surface area contributed by atoms with E-state index in [4.69, 9.17) is 0 Å². The Bertz CT molecular complexity index is 577. The molecule has 2 aromatic rings. The largest absolute Gasteiger partial charge is 0.310 e. The number of benzene rings is 2. The molecule has 0 aliphatic rings. The maximum Gasteiger partial charge on any atom is 0.124 e. The Morgan fingerprint density at radius 3 is 2.57 bits per heavy atom. The molecule has 3 heteroatoms. The minimum absolute atomic E-state index is 0.196. The highest BCUT2D eigenvalue weighted by Gasteiger charge is 2.14. The molecular formula is C18H21BrFN. The first-order valence-corrected chi connectivity index (χ1v) is 8.19. The molecule has 0 spiro atoms. The van der Waals surface area contributed by atoms with Gasteiger partial charge in [0.05, 0.1) is 0 Å². The topological polar surface area (TPSA) is 12.0 Å². The molecule has 0 radical (unpaired) electrons. The summed E-state index contributed by atoms with van der Waals surface area (Å²) in [6.07, 6.45) is 1.78. The van der Waals surface area contributed by atoms with E-state index in [9.17, 15) is 4.39 Å². The molecule has 1 N–H and O–H groups in total. The summed E-state index contributed by atoms with van der Waals surface area (Å²) in [6, 6.07) is 13.8. The Morgan fingerprint density at radius 1 is 1.14 bits per heavy atom. The Hall–Kier alpha value is -1.19. The fourth-order valence-electron chi connectivity index (χ4n) is 2.70. The van der Waals surface area contributed by atoms with E-state index in [1.807, 2.05) is 6.07 Å². The molecule has 0 saturated carbocycles. The van der Waals surface area contributed by atoms with Crippen LogP contribution in [0.25, 0.3) is 0 Å². The van der Waals surface area contributed by atoms with Gasteiger partial charge in [0, 0.05) is 10.5 Å². The van der Waals surface area contributed by atoms with Crippen LogP contribution in [0.5, 0.6) is 0 Å². The third-order valence-electron chi connectivity index (χ3n) is 3.62. The fourth-order valence-corrected chi connectivity index (χ4v) is 3.21. The standard InChI is InChI=1S/C18H21BrFN/c1-3-14-7-5-6-8-17(14)18(21-4-2)11-13-9-15(19)12-16(20)10-13/h5-10,12,18,21H,3-4,11H2,1-2H3. The zero-order valence-electron chi connectivity index (χ0n) is 12.5. The van der Waals surface area contributed by atoms with Gasteiger partial charge in [0.15, 0.2) is 0 Å². The highest BCUT2D eigenvalue weighted by atomic mass is 79.9. The summed E-state index contributed by atoms with van der Waals surface area (Å²) in [5, 5.41) is 3.52. The van der Waals surface area contributed by atoms with Crippen LogP contribution in [0.3, 0.4) is 0 Å². The zero-order chi connectivity index (χ0) is 15.2. The Kier molecular flexibility index (Phi) is 5.95. The SMILES string of the molecule is CCNC(Cc1cc(F)cc(Br)c1)c1ccccc1CC. The van der Waals surface area contributed by atoms with Gasteiger partial charge in [-0.2, -0.15) is 0 Å². The second kappa shape index (κ2) is 7.71. The van der Waals surface area contributed by atoms with Crippen molar-refractivity contribution in [2.24, 2.45) is 0 Å². The summed E-state index contributed by atoms with van der Waals surface area (Å²) < 4.78 is 14.4. The molecule has 0 aliphatic carbocycles. The highest BCUT2D eigenvalue weighted by Crippen LogP contribution is 2.24. The third-order valence-corrected chi connectivity index (χ3v) is 4.08. The van der Waals surface area contributed by atoms with Crippen LogP contribution in [0, 0.1) is 5.82 Å². The molecule has 112 valence electrons. The Morgan fingerprint density at radius 2 is 1.90 bits per heavy atom. The van der Waals surface area contributed by atoms with E-state index >= 15 is 0 Å². The van der Waals surface area contributed by atoms with Crippen molar-refractivity contribution in [2.45, 2.75) is 32.7 Å². The smallest absolute Gasteiger partial charge is 0.124 e. The molecule has 2 rings (SSSR count). The number of nitrogens with one attached hydrogen (secondary N) is 1. The van der Waals surface area contributed by atoms with Crippen molar-refractivity contribution in [3.05, 3.63) is 69.4 Å². The lowest BCUT2D eigenvalue weighted by molar-refractivity contribution is 0.542. The average Bonchev–Trinajstić information content (AvgIpc) is 2.45. The van der Waals surface area contributed by atoms with E-state index in [0.717, 1.165) is 29.4 Å². The van der Waals surface area contributed by atoms with Crippen LogP contribution >= 0.6 is 15.9 Å². The molecular weight excluding hydrogens is 329 g/mol. The normalized spacial score (nSPS) is 12.4. The minimum Gasteiger partial charge on any atom is -0.310 e. The molecule has 21 heavy (non-hydrogen) atoms. The summed E-state index contributed by atoms with van der Waals surface area (Å²) in [5.74, 6) is -0.196. The number of hydrogen-bond acceptors (Lipinski definition) is 1. The predicted octanol–water partition coefficient (Wildman–Crippen LogP) is 5.04. The third kappa shape index (κ3) is 4.39. The summed E-state index contributed by atoms with van der Waals surface area (Å²) in [6.45, 7) is 5.16. The number of aryl methyl sites for hydroxylation is 1. The van der Waals surface area contributed by atoms with E-state index in [2.05, 4.69) is 59.4 Å². The lowest BCUT2D eigenvalue weighted by Gasteiger charge is -2.21. The molecule has 0 aromatic heterocycles. The van der Waals surface area contributed by atoms with E-state index in [-0.39, 0.29) is 11.9 Å². The van der Waals surface area contributed by atoms with Crippen molar-refractivity contribution in [2.75, 3.05) is 6.54 Å². The van der Waals surface area contributed by atoms with Crippen LogP contribution < -0.4 is 5.32 Å². The van der Waals surface area contributed by atoms with Gasteiger partial charge in [-0.05, 0) is 54.3 Å². The lowest BCUT2D eigenvalue weighted by atomic mass is 9.93. The zero-order valence-corrected chi connectivity index (χ0v) is 14.1. The van der Waals surface area contributed by atoms with Gasteiger partial charge in [-0.15, -0.1) is 0 Å². The van der Waals surface area contributed by atoms with Crippen LogP contribution in [-0.2, 0) is 12.8 Å². The van der Waals surface area contributed by atoms with Gasteiger partial charge in [0.2, 0.25) is 0 Å². The monoisotopic (exact) mass is 349 g/mol. The average molecular weight is 350 g/mol. The Balaban J connectivity index is 2.30. The van der Waals surface area contributed by atoms with Crippen LogP contribution in [0.2, 0.25) is 0 Å². The fraction of sp³-hybridized carbons (Fsp3) is 0.333. The van der Waals surface area contributed by atoms with Crippen molar-refractivity contribution in [3.63, 3.8) is 0 Å². The second-order valence-corrected chi connectivity index (χ2v) is 6.06. The first kappa shape index (κ1) is 16.2. The van der Waals surface area contributed by atoms with Gasteiger partial charge in [-0.1, -0.05) is 54.0 Å². The van der Waals surface area contributed by atoms with E-state index in [0.29, 0.717) is 0 Å². The second-order valence-electron chi connectivity index (χ2n) is 5.14. The van der Waals surface area contributed by atoms with Gasteiger partial charge < -0.3 is 5.32 Å². The molecule has 1 nitrogen and oxygen atoms in total. The van der Waals surface area contributed by atoms with Gasteiger partial charge >= 0.3 is 0 Å². The first-order chi connectivity index (χ1) is 10.1. The number of rotatable bonds is 6. The maximum atomic E-state index is 13.6. The van der Waals surface area contributed by atoms with Crippen LogP contribution in [0.4, 0.5) is 4.39 Å². The van der Waals surface area contributed by atoms with E-state index in [1.54, 1.807) is 6.07 Å². The number of halogens is 2. The van der Waals surface area contributed by atoms with Crippen LogP contribution in [0.15, 0.2) is 46.9 Å². The molecule has 0 bridgehead atoms. The molecule has 0 heterocycles. The molecule has 1 atom stereocenters. The van der Waals surface area contributed by atoms with Gasteiger partial charge in [-0.3, -0.25) is 0 Å². The van der Waals surface area contributed by atoms with Gasteiger partial charge in [0.1, 0.15) is 5.82 Å². The number of hydrogen-bond donors (Lipinski definition) is 1. The maximum absolute atomic E-state index is 13.6. The molecule has 0 fully saturated rings. The first-order valence-electron chi connectivity index (χ1n) is 7.40. The predicted molar refractivity (Wildman–Crippen MR) is 90.0 cm³/mol. The van der Waals surface area contributed by atoms with Crippen molar-refractivity contribution in [3.8, 4) is 0 Å². The highest BCUT2D eigenvalue weighted by molar-refractivity contribution is 9.10. The van der Waals surface area contributed by atoms with Crippen molar-refractivity contribution >= 4 is 15.9 Å². The van der Waals surface area contributed by atoms with E-state index < -0.39 is 0 Å². The molecule has 0 saturated heterocycles. The lowest BCUT2D eigenvalue weighted by Crippen LogP contribution is -2.24. The number of likely N-dealkylation sites (N-methyl/N-ethyl adjacent to an activating group) is 1. The van der Waals surface area contributed by atoms with Crippen LogP contribution in [0.1, 0.15) is 36.6 Å². The molecule has 0 aliphatic heterocycles. The summed E-state index contributed by atoms with van der Waals surface area (Å²) in [4.78, 5) is 0. The molecule has 1 unspecified atom stereocenters. The van der Waals surface area contributed by atoms with Gasteiger partial charge in [0.25, 0.3) is 0 Å². The van der Waals surface area contributed by atoms with Gasteiger partial charge in [-0.25, -0.2) is 4.39 Å². The Labute approximate surface area is 134 Å². The molecule has 0 amide bonds. The summed E-state index contributed by atoms with van der Waals surface area (Å²) in [5.41, 5.74) is 3.65.